The van der Waals surface area contributed by atoms with E-state index < -0.39 is 0 Å². The Morgan fingerprint density at radius 3 is 2.00 bits per heavy atom. The van der Waals surface area contributed by atoms with E-state index in [4.69, 9.17) is 5.73 Å². The first-order chi connectivity index (χ1) is 8.49. The monoisotopic (exact) mass is 240 g/mol. The van der Waals surface area contributed by atoms with Gasteiger partial charge in [-0.2, -0.15) is 0 Å². The zero-order valence-electron chi connectivity index (χ0n) is 11.5. The Morgan fingerprint density at radius 2 is 1.39 bits per heavy atom. The Morgan fingerprint density at radius 1 is 0.833 bits per heavy atom. The van der Waals surface area contributed by atoms with E-state index in [-0.39, 0.29) is 0 Å². The van der Waals surface area contributed by atoms with Crippen LogP contribution in [0.2, 0.25) is 0 Å². The van der Waals surface area contributed by atoms with E-state index >= 15 is 0 Å². The summed E-state index contributed by atoms with van der Waals surface area (Å²) in [5.41, 5.74) is 13.9. The van der Waals surface area contributed by atoms with E-state index in [0.717, 1.165) is 17.1 Å². The van der Waals surface area contributed by atoms with Gasteiger partial charge in [-0.3, -0.25) is 0 Å². The van der Waals surface area contributed by atoms with Gasteiger partial charge < -0.3 is 11.1 Å². The lowest BCUT2D eigenvalue weighted by Crippen LogP contribution is -2.01. The molecule has 0 atom stereocenters. The second-order valence-electron chi connectivity index (χ2n) is 4.92. The normalized spacial score (nSPS) is 10.4. The predicted octanol–water partition coefficient (Wildman–Crippen LogP) is 4.25. The lowest BCUT2D eigenvalue weighted by atomic mass is 10.1. The van der Waals surface area contributed by atoms with Crippen LogP contribution in [0.15, 0.2) is 30.3 Å². The van der Waals surface area contributed by atoms with Crippen molar-refractivity contribution in [2.24, 2.45) is 0 Å². The van der Waals surface area contributed by atoms with Crippen molar-refractivity contribution in [1.82, 2.24) is 0 Å². The average molecular weight is 240 g/mol. The van der Waals surface area contributed by atoms with Crippen LogP contribution in [0.5, 0.6) is 0 Å². The molecule has 0 aromatic heterocycles. The van der Waals surface area contributed by atoms with Gasteiger partial charge in [-0.05, 0) is 62.1 Å². The Labute approximate surface area is 109 Å². The van der Waals surface area contributed by atoms with Crippen LogP contribution in [-0.4, -0.2) is 0 Å². The summed E-state index contributed by atoms with van der Waals surface area (Å²) in [6.45, 7) is 8.39. The number of hydrogen-bond acceptors (Lipinski definition) is 2. The van der Waals surface area contributed by atoms with Gasteiger partial charge in [0.2, 0.25) is 0 Å². The first-order valence-electron chi connectivity index (χ1n) is 6.19. The summed E-state index contributed by atoms with van der Waals surface area (Å²) in [4.78, 5) is 0. The summed E-state index contributed by atoms with van der Waals surface area (Å²) in [5.74, 6) is 0. The number of para-hydroxylation sites is 1. The molecule has 0 saturated heterocycles. The Bertz CT molecular complexity index is 566. The highest BCUT2D eigenvalue weighted by atomic mass is 14.9. The van der Waals surface area contributed by atoms with Gasteiger partial charge in [-0.25, -0.2) is 0 Å². The minimum atomic E-state index is 0.792. The summed E-state index contributed by atoms with van der Waals surface area (Å²) >= 11 is 0. The quantitative estimate of drug-likeness (QED) is 0.770. The molecule has 0 saturated carbocycles. The summed E-state index contributed by atoms with van der Waals surface area (Å²) in [7, 11) is 0. The fourth-order valence-electron chi connectivity index (χ4n) is 2.09. The number of rotatable bonds is 2. The third-order valence-corrected chi connectivity index (χ3v) is 3.41. The van der Waals surface area contributed by atoms with Crippen molar-refractivity contribution < 1.29 is 0 Å². The molecular formula is C16H20N2. The smallest absolute Gasteiger partial charge is 0.0620 e. The minimum absolute atomic E-state index is 0.792. The van der Waals surface area contributed by atoms with Crippen LogP contribution in [0.25, 0.3) is 0 Å². The van der Waals surface area contributed by atoms with E-state index in [2.05, 4.69) is 57.3 Å². The maximum atomic E-state index is 6.08. The second kappa shape index (κ2) is 4.73. The van der Waals surface area contributed by atoms with Crippen molar-refractivity contribution in [2.45, 2.75) is 27.7 Å². The topological polar surface area (TPSA) is 38.0 Å². The number of nitrogens with two attached hydrogens (primary N) is 1. The maximum Gasteiger partial charge on any atom is 0.0620 e. The molecule has 0 spiro atoms. The lowest BCUT2D eigenvalue weighted by molar-refractivity contribution is 1.32. The van der Waals surface area contributed by atoms with Gasteiger partial charge in [0.25, 0.3) is 0 Å². The van der Waals surface area contributed by atoms with E-state index in [0.29, 0.717) is 0 Å². The van der Waals surface area contributed by atoms with Crippen molar-refractivity contribution >= 4 is 17.1 Å². The van der Waals surface area contributed by atoms with Crippen LogP contribution >= 0.6 is 0 Å². The minimum Gasteiger partial charge on any atom is -0.397 e. The number of nitrogen functional groups attached to an aromatic ring is 1. The van der Waals surface area contributed by atoms with Crippen LogP contribution in [0.3, 0.4) is 0 Å². The molecule has 2 aromatic carbocycles. The van der Waals surface area contributed by atoms with Crippen LogP contribution in [-0.2, 0) is 0 Å². The summed E-state index contributed by atoms with van der Waals surface area (Å²) in [6, 6.07) is 10.4. The average Bonchev–Trinajstić information content (AvgIpc) is 2.30. The number of anilines is 3. The van der Waals surface area contributed by atoms with Crippen molar-refractivity contribution in [3.63, 3.8) is 0 Å². The van der Waals surface area contributed by atoms with Gasteiger partial charge >= 0.3 is 0 Å². The molecule has 2 nitrogen and oxygen atoms in total. The standard InChI is InChI=1S/C16H20N2/c1-10-6-5-7-11(2)16(10)18-15-9-13(4)12(3)8-14(15)17/h5-9,18H,17H2,1-4H3. The third kappa shape index (κ3) is 2.33. The van der Waals surface area contributed by atoms with Crippen LogP contribution < -0.4 is 11.1 Å². The molecule has 0 radical (unpaired) electrons. The number of nitrogens with one attached hydrogen (secondary N) is 1. The highest BCUT2D eigenvalue weighted by molar-refractivity contribution is 5.76. The van der Waals surface area contributed by atoms with E-state index in [9.17, 15) is 0 Å². The van der Waals surface area contributed by atoms with E-state index in [1.54, 1.807) is 0 Å². The fourth-order valence-corrected chi connectivity index (χ4v) is 2.09. The molecule has 2 rings (SSSR count). The first kappa shape index (κ1) is 12.5. The van der Waals surface area contributed by atoms with Gasteiger partial charge in [-0.1, -0.05) is 18.2 Å². The number of aryl methyl sites for hydroxylation is 4. The van der Waals surface area contributed by atoms with Gasteiger partial charge in [0.15, 0.2) is 0 Å². The van der Waals surface area contributed by atoms with Gasteiger partial charge in [-0.15, -0.1) is 0 Å². The molecule has 0 aliphatic heterocycles. The van der Waals surface area contributed by atoms with E-state index in [1.807, 2.05) is 6.07 Å². The van der Waals surface area contributed by atoms with Gasteiger partial charge in [0, 0.05) is 5.69 Å². The Balaban J connectivity index is 2.43. The molecular weight excluding hydrogens is 220 g/mol. The summed E-state index contributed by atoms with van der Waals surface area (Å²) in [5, 5.41) is 3.45. The molecule has 0 aliphatic carbocycles. The zero-order valence-corrected chi connectivity index (χ0v) is 11.5. The third-order valence-electron chi connectivity index (χ3n) is 3.41. The predicted molar refractivity (Wildman–Crippen MR) is 79.5 cm³/mol. The van der Waals surface area contributed by atoms with Crippen molar-refractivity contribution in [1.29, 1.82) is 0 Å². The molecule has 3 N–H and O–H groups in total. The van der Waals surface area contributed by atoms with Crippen molar-refractivity contribution in [2.75, 3.05) is 11.1 Å². The largest absolute Gasteiger partial charge is 0.397 e. The molecule has 18 heavy (non-hydrogen) atoms. The maximum absolute atomic E-state index is 6.08. The molecule has 0 unspecified atom stereocenters. The highest BCUT2D eigenvalue weighted by Crippen LogP contribution is 2.29. The molecule has 94 valence electrons. The van der Waals surface area contributed by atoms with Gasteiger partial charge in [0.05, 0.1) is 11.4 Å². The van der Waals surface area contributed by atoms with Crippen LogP contribution in [0, 0.1) is 27.7 Å². The van der Waals surface area contributed by atoms with Gasteiger partial charge in [0.1, 0.15) is 0 Å². The Hall–Kier alpha value is -1.96. The van der Waals surface area contributed by atoms with Crippen LogP contribution in [0.4, 0.5) is 17.1 Å². The zero-order chi connectivity index (χ0) is 13.3. The van der Waals surface area contributed by atoms with E-state index in [1.165, 1.54) is 22.3 Å². The molecule has 0 fully saturated rings. The molecule has 2 aromatic rings. The van der Waals surface area contributed by atoms with Crippen molar-refractivity contribution in [3.8, 4) is 0 Å². The first-order valence-corrected chi connectivity index (χ1v) is 6.19. The second-order valence-corrected chi connectivity index (χ2v) is 4.92. The number of hydrogen-bond donors (Lipinski definition) is 2. The van der Waals surface area contributed by atoms with Crippen molar-refractivity contribution in [3.05, 3.63) is 52.6 Å². The molecule has 0 amide bonds. The number of benzene rings is 2. The molecule has 0 heterocycles. The summed E-state index contributed by atoms with van der Waals surface area (Å²) < 4.78 is 0. The van der Waals surface area contributed by atoms with Crippen LogP contribution in [0.1, 0.15) is 22.3 Å². The molecule has 0 aliphatic rings. The molecule has 0 bridgehead atoms. The SMILES string of the molecule is Cc1cc(N)c(Nc2c(C)cccc2C)cc1C. The summed E-state index contributed by atoms with van der Waals surface area (Å²) in [6.07, 6.45) is 0. The fraction of sp³-hybridized carbons (Fsp3) is 0.250. The Kier molecular flexibility index (Phi) is 3.28. The highest BCUT2D eigenvalue weighted by Gasteiger charge is 2.06. The lowest BCUT2D eigenvalue weighted by Gasteiger charge is -2.16. The molecule has 2 heteroatoms.